The molecule has 25 heavy (non-hydrogen) atoms. The number of thioether (sulfide) groups is 1. The van der Waals surface area contributed by atoms with Gasteiger partial charge in [0.1, 0.15) is 0 Å². The molecule has 1 saturated heterocycles. The molecule has 3 rings (SSSR count). The van der Waals surface area contributed by atoms with Crippen molar-refractivity contribution in [3.05, 3.63) is 30.3 Å². The van der Waals surface area contributed by atoms with Gasteiger partial charge in [0.15, 0.2) is 4.34 Å². The van der Waals surface area contributed by atoms with Gasteiger partial charge in [-0.15, -0.1) is 10.2 Å². The Morgan fingerprint density at radius 2 is 1.92 bits per heavy atom. The van der Waals surface area contributed by atoms with Crippen molar-refractivity contribution in [3.63, 3.8) is 0 Å². The third-order valence-corrected chi connectivity index (χ3v) is 5.30. The third-order valence-electron chi connectivity index (χ3n) is 3.34. The van der Waals surface area contributed by atoms with Crippen LogP contribution in [-0.2, 0) is 9.53 Å². The van der Waals surface area contributed by atoms with Crippen LogP contribution in [0.5, 0.6) is 0 Å². The number of nitrogens with zero attached hydrogens (tertiary/aromatic N) is 3. The molecule has 0 unspecified atom stereocenters. The number of hydrogen-bond donors (Lipinski definition) is 2. The molecule has 0 atom stereocenters. The zero-order chi connectivity index (χ0) is 17.5. The van der Waals surface area contributed by atoms with Crippen LogP contribution in [0.3, 0.4) is 0 Å². The Hall–Kier alpha value is -2.17. The highest BCUT2D eigenvalue weighted by atomic mass is 32.2. The van der Waals surface area contributed by atoms with Crippen LogP contribution in [0.1, 0.15) is 0 Å². The second-order valence-electron chi connectivity index (χ2n) is 5.10. The van der Waals surface area contributed by atoms with Crippen molar-refractivity contribution in [2.45, 2.75) is 4.34 Å². The Morgan fingerprint density at radius 3 is 2.68 bits per heavy atom. The Balaban J connectivity index is 1.45. The molecule has 8 nitrogen and oxygen atoms in total. The number of urea groups is 1. The van der Waals surface area contributed by atoms with E-state index in [0.29, 0.717) is 47.2 Å². The topological polar surface area (TPSA) is 96.4 Å². The van der Waals surface area contributed by atoms with Crippen molar-refractivity contribution in [2.24, 2.45) is 0 Å². The molecule has 1 aromatic heterocycles. The number of morpholine rings is 1. The summed E-state index contributed by atoms with van der Waals surface area (Å²) in [7, 11) is 0. The summed E-state index contributed by atoms with van der Waals surface area (Å²) in [5.41, 5.74) is 0.690. The Labute approximate surface area is 153 Å². The largest absolute Gasteiger partial charge is 0.378 e. The molecule has 2 aromatic rings. The number of para-hydroxylation sites is 1. The van der Waals surface area contributed by atoms with E-state index in [-0.39, 0.29) is 11.9 Å². The van der Waals surface area contributed by atoms with Crippen LogP contribution in [0.25, 0.3) is 0 Å². The fraction of sp³-hybridized carbons (Fsp3) is 0.333. The summed E-state index contributed by atoms with van der Waals surface area (Å²) in [5, 5.41) is 13.6. The fourth-order valence-corrected chi connectivity index (χ4v) is 3.78. The van der Waals surface area contributed by atoms with E-state index < -0.39 is 0 Å². The number of anilines is 2. The molecule has 0 spiro atoms. The number of aromatic nitrogens is 2. The van der Waals surface area contributed by atoms with Gasteiger partial charge in [0.2, 0.25) is 11.0 Å². The highest BCUT2D eigenvalue weighted by Crippen LogP contribution is 2.25. The quantitative estimate of drug-likeness (QED) is 0.610. The summed E-state index contributed by atoms with van der Waals surface area (Å²) < 4.78 is 5.86. The third kappa shape index (κ3) is 5.41. The van der Waals surface area contributed by atoms with Gasteiger partial charge in [-0.05, 0) is 12.1 Å². The molecule has 0 bridgehead atoms. The van der Waals surface area contributed by atoms with Crippen LogP contribution in [0, 0.1) is 0 Å². The van der Waals surface area contributed by atoms with E-state index in [2.05, 4.69) is 20.8 Å². The van der Waals surface area contributed by atoms with E-state index in [1.54, 1.807) is 17.0 Å². The Morgan fingerprint density at radius 1 is 1.16 bits per heavy atom. The summed E-state index contributed by atoms with van der Waals surface area (Å²) in [6, 6.07) is 8.73. The van der Waals surface area contributed by atoms with Gasteiger partial charge in [-0.2, -0.15) is 0 Å². The van der Waals surface area contributed by atoms with Gasteiger partial charge in [-0.3, -0.25) is 10.1 Å². The molecular formula is C15H17N5O3S2. The second-order valence-corrected chi connectivity index (χ2v) is 7.30. The summed E-state index contributed by atoms with van der Waals surface area (Å²) in [4.78, 5) is 25.8. The van der Waals surface area contributed by atoms with Crippen molar-refractivity contribution in [1.29, 1.82) is 0 Å². The molecule has 2 heterocycles. The molecule has 2 N–H and O–H groups in total. The van der Waals surface area contributed by atoms with Crippen LogP contribution in [0.15, 0.2) is 34.7 Å². The molecule has 3 amide bonds. The predicted octanol–water partition coefficient (Wildman–Crippen LogP) is 2.13. The zero-order valence-electron chi connectivity index (χ0n) is 13.3. The molecule has 1 aliphatic heterocycles. The average Bonchev–Trinajstić information content (AvgIpc) is 3.08. The second kappa shape index (κ2) is 8.79. The highest BCUT2D eigenvalue weighted by molar-refractivity contribution is 8.01. The average molecular weight is 379 g/mol. The van der Waals surface area contributed by atoms with Crippen molar-refractivity contribution >= 4 is 45.9 Å². The molecule has 0 aliphatic carbocycles. The van der Waals surface area contributed by atoms with E-state index in [1.807, 2.05) is 18.2 Å². The first-order valence-corrected chi connectivity index (χ1v) is 9.46. The zero-order valence-corrected chi connectivity index (χ0v) is 14.9. The first-order valence-electron chi connectivity index (χ1n) is 7.65. The molecule has 0 radical (unpaired) electrons. The molecule has 1 fully saturated rings. The van der Waals surface area contributed by atoms with Crippen LogP contribution >= 0.6 is 23.1 Å². The predicted molar refractivity (Wildman–Crippen MR) is 97.1 cm³/mol. The number of ether oxygens (including phenoxy) is 1. The monoisotopic (exact) mass is 379 g/mol. The molecule has 1 aromatic carbocycles. The molecule has 10 heteroatoms. The van der Waals surface area contributed by atoms with Gasteiger partial charge in [-0.1, -0.05) is 41.3 Å². The van der Waals surface area contributed by atoms with Gasteiger partial charge >= 0.3 is 6.03 Å². The van der Waals surface area contributed by atoms with E-state index in [0.717, 1.165) is 0 Å². The molecule has 0 saturated carbocycles. The molecule has 132 valence electrons. The Bertz CT molecular complexity index is 719. The lowest BCUT2D eigenvalue weighted by Gasteiger charge is -2.26. The van der Waals surface area contributed by atoms with Crippen LogP contribution < -0.4 is 10.6 Å². The fourth-order valence-electron chi connectivity index (χ4n) is 2.13. The SMILES string of the molecule is O=C(Nc1ccccc1)Nc1nnc(SCC(=O)N2CCOCC2)s1. The normalized spacial score (nSPS) is 14.2. The van der Waals surface area contributed by atoms with Crippen molar-refractivity contribution in [2.75, 3.05) is 42.7 Å². The lowest BCUT2D eigenvalue weighted by Crippen LogP contribution is -2.41. The number of benzene rings is 1. The van der Waals surface area contributed by atoms with Gasteiger partial charge in [0.05, 0.1) is 19.0 Å². The highest BCUT2D eigenvalue weighted by Gasteiger charge is 2.18. The van der Waals surface area contributed by atoms with Crippen molar-refractivity contribution in [3.8, 4) is 0 Å². The van der Waals surface area contributed by atoms with Crippen LogP contribution in [0.4, 0.5) is 15.6 Å². The number of hydrogen-bond acceptors (Lipinski definition) is 7. The van der Waals surface area contributed by atoms with Gasteiger partial charge in [0.25, 0.3) is 0 Å². The van der Waals surface area contributed by atoms with Gasteiger partial charge in [0, 0.05) is 18.8 Å². The van der Waals surface area contributed by atoms with E-state index in [4.69, 9.17) is 4.74 Å². The summed E-state index contributed by atoms with van der Waals surface area (Å²) in [5.74, 6) is 0.352. The number of carbonyl (C=O) groups excluding carboxylic acids is 2. The number of rotatable bonds is 5. The van der Waals surface area contributed by atoms with Gasteiger partial charge < -0.3 is 15.0 Å². The minimum absolute atomic E-state index is 0.0554. The van der Waals surface area contributed by atoms with Gasteiger partial charge in [-0.25, -0.2) is 4.79 Å². The van der Waals surface area contributed by atoms with Crippen molar-refractivity contribution in [1.82, 2.24) is 15.1 Å². The lowest BCUT2D eigenvalue weighted by atomic mass is 10.3. The number of nitrogens with one attached hydrogen (secondary N) is 2. The minimum Gasteiger partial charge on any atom is -0.378 e. The van der Waals surface area contributed by atoms with Crippen molar-refractivity contribution < 1.29 is 14.3 Å². The van der Waals surface area contributed by atoms with E-state index in [9.17, 15) is 9.59 Å². The summed E-state index contributed by atoms with van der Waals surface area (Å²) in [6.45, 7) is 2.42. The lowest BCUT2D eigenvalue weighted by molar-refractivity contribution is -0.132. The Kier molecular flexibility index (Phi) is 6.20. The first-order chi connectivity index (χ1) is 12.2. The maximum absolute atomic E-state index is 12.1. The standard InChI is InChI=1S/C15H17N5O3S2/c21-12(20-6-8-23-9-7-20)10-24-15-19-18-14(25-15)17-13(22)16-11-4-2-1-3-5-11/h1-5H,6-10H2,(H2,16,17,18,22). The molecule has 1 aliphatic rings. The van der Waals surface area contributed by atoms with Crippen LogP contribution in [-0.4, -0.2) is 59.1 Å². The maximum Gasteiger partial charge on any atom is 0.325 e. The minimum atomic E-state index is -0.386. The maximum atomic E-state index is 12.1. The summed E-state index contributed by atoms with van der Waals surface area (Å²) in [6.07, 6.45) is 0. The number of amides is 3. The molecular weight excluding hydrogens is 362 g/mol. The number of carbonyl (C=O) groups is 2. The van der Waals surface area contributed by atoms with E-state index in [1.165, 1.54) is 23.1 Å². The summed E-state index contributed by atoms with van der Waals surface area (Å²) >= 11 is 2.55. The first kappa shape index (κ1) is 17.6. The smallest absolute Gasteiger partial charge is 0.325 e. The van der Waals surface area contributed by atoms with E-state index >= 15 is 0 Å². The van der Waals surface area contributed by atoms with Crippen LogP contribution in [0.2, 0.25) is 0 Å².